The molecule has 0 aromatic heterocycles. The molecule has 3 unspecified atom stereocenters. The average molecular weight is 252 g/mol. The van der Waals surface area contributed by atoms with Crippen molar-refractivity contribution < 1.29 is 19.1 Å². The van der Waals surface area contributed by atoms with Crippen molar-refractivity contribution in [3.05, 3.63) is 12.2 Å². The smallest absolute Gasteiger partial charge is 0.348 e. The van der Waals surface area contributed by atoms with E-state index in [9.17, 15) is 9.59 Å². The van der Waals surface area contributed by atoms with Crippen molar-refractivity contribution in [3.8, 4) is 0 Å². The molecule has 100 valence electrons. The lowest BCUT2D eigenvalue weighted by atomic mass is 9.88. The SMILES string of the molecule is CCC(C)(C)C(=O)OC1C(=O)OC2CC=CCC21. The van der Waals surface area contributed by atoms with E-state index in [1.54, 1.807) is 0 Å². The van der Waals surface area contributed by atoms with Crippen LogP contribution in [0, 0.1) is 11.3 Å². The lowest BCUT2D eigenvalue weighted by Crippen LogP contribution is -2.36. The molecule has 3 atom stereocenters. The van der Waals surface area contributed by atoms with Crippen molar-refractivity contribution in [1.29, 1.82) is 0 Å². The molecule has 4 nitrogen and oxygen atoms in total. The van der Waals surface area contributed by atoms with E-state index in [1.165, 1.54) is 0 Å². The molecule has 0 saturated carbocycles. The molecule has 1 fully saturated rings. The van der Waals surface area contributed by atoms with Gasteiger partial charge in [0, 0.05) is 12.3 Å². The van der Waals surface area contributed by atoms with E-state index < -0.39 is 17.5 Å². The van der Waals surface area contributed by atoms with Gasteiger partial charge in [-0.25, -0.2) is 4.79 Å². The molecule has 0 aromatic rings. The maximum Gasteiger partial charge on any atom is 0.348 e. The van der Waals surface area contributed by atoms with E-state index in [1.807, 2.05) is 32.9 Å². The highest BCUT2D eigenvalue weighted by atomic mass is 16.6. The topological polar surface area (TPSA) is 52.6 Å². The molecule has 4 heteroatoms. The summed E-state index contributed by atoms with van der Waals surface area (Å²) in [5, 5.41) is 0. The molecular weight excluding hydrogens is 232 g/mol. The Balaban J connectivity index is 2.07. The number of carbonyl (C=O) groups is 2. The quantitative estimate of drug-likeness (QED) is 0.571. The summed E-state index contributed by atoms with van der Waals surface area (Å²) in [6, 6.07) is 0. The second kappa shape index (κ2) is 4.75. The second-order valence-corrected chi connectivity index (χ2v) is 5.65. The zero-order chi connectivity index (χ0) is 13.3. The van der Waals surface area contributed by atoms with Gasteiger partial charge in [0.25, 0.3) is 0 Å². The molecule has 1 aliphatic carbocycles. The molecule has 0 radical (unpaired) electrons. The molecule has 0 N–H and O–H groups in total. The Hall–Kier alpha value is -1.32. The summed E-state index contributed by atoms with van der Waals surface area (Å²) in [7, 11) is 0. The predicted molar refractivity (Wildman–Crippen MR) is 65.7 cm³/mol. The van der Waals surface area contributed by atoms with Crippen LogP contribution in [0.5, 0.6) is 0 Å². The lowest BCUT2D eigenvalue weighted by Gasteiger charge is -2.25. The molecule has 0 spiro atoms. The van der Waals surface area contributed by atoms with Crippen LogP contribution in [-0.2, 0) is 19.1 Å². The van der Waals surface area contributed by atoms with E-state index in [0.29, 0.717) is 6.42 Å². The number of rotatable bonds is 3. The molecule has 1 aliphatic heterocycles. The highest BCUT2D eigenvalue weighted by Crippen LogP contribution is 2.35. The number of hydrogen-bond donors (Lipinski definition) is 0. The molecule has 0 amide bonds. The molecule has 2 rings (SSSR count). The molecule has 1 heterocycles. The highest BCUT2D eigenvalue weighted by Gasteiger charge is 2.48. The average Bonchev–Trinajstić information content (AvgIpc) is 2.66. The number of hydrogen-bond acceptors (Lipinski definition) is 4. The normalized spacial score (nSPS) is 30.8. The lowest BCUT2D eigenvalue weighted by molar-refractivity contribution is -0.168. The Morgan fingerprint density at radius 3 is 2.78 bits per heavy atom. The summed E-state index contributed by atoms with van der Waals surface area (Å²) in [6.07, 6.45) is 5.33. The number of allylic oxidation sites excluding steroid dienone is 1. The van der Waals surface area contributed by atoms with Crippen molar-refractivity contribution in [2.75, 3.05) is 0 Å². The van der Waals surface area contributed by atoms with Gasteiger partial charge < -0.3 is 9.47 Å². The van der Waals surface area contributed by atoms with Crippen LogP contribution in [0.4, 0.5) is 0 Å². The van der Waals surface area contributed by atoms with Crippen LogP contribution < -0.4 is 0 Å². The van der Waals surface area contributed by atoms with Gasteiger partial charge in [-0.1, -0.05) is 19.1 Å². The Morgan fingerprint density at radius 1 is 1.44 bits per heavy atom. The van der Waals surface area contributed by atoms with Crippen LogP contribution in [-0.4, -0.2) is 24.1 Å². The van der Waals surface area contributed by atoms with Crippen LogP contribution in [0.15, 0.2) is 12.2 Å². The second-order valence-electron chi connectivity index (χ2n) is 5.65. The monoisotopic (exact) mass is 252 g/mol. The fraction of sp³-hybridized carbons (Fsp3) is 0.714. The fourth-order valence-corrected chi connectivity index (χ4v) is 2.21. The van der Waals surface area contributed by atoms with Gasteiger partial charge >= 0.3 is 11.9 Å². The standard InChI is InChI=1S/C14H20O4/c1-4-14(2,3)13(16)18-11-9-7-5-6-8-10(9)17-12(11)15/h5-6,9-11H,4,7-8H2,1-3H3. The fourth-order valence-electron chi connectivity index (χ4n) is 2.21. The number of esters is 2. The molecular formula is C14H20O4. The van der Waals surface area contributed by atoms with E-state index in [0.717, 1.165) is 12.8 Å². The minimum absolute atomic E-state index is 0.0147. The Kier molecular flexibility index (Phi) is 3.46. The van der Waals surface area contributed by atoms with Gasteiger partial charge in [0.05, 0.1) is 5.41 Å². The van der Waals surface area contributed by atoms with Gasteiger partial charge in [0.1, 0.15) is 6.10 Å². The molecule has 1 saturated heterocycles. The van der Waals surface area contributed by atoms with Crippen LogP contribution in [0.25, 0.3) is 0 Å². The number of carbonyl (C=O) groups excluding carboxylic acids is 2. The van der Waals surface area contributed by atoms with Crippen LogP contribution in [0.3, 0.4) is 0 Å². The van der Waals surface area contributed by atoms with Crippen molar-refractivity contribution in [3.63, 3.8) is 0 Å². The van der Waals surface area contributed by atoms with Crippen LogP contribution in [0.2, 0.25) is 0 Å². The van der Waals surface area contributed by atoms with E-state index in [4.69, 9.17) is 9.47 Å². The Morgan fingerprint density at radius 2 is 2.11 bits per heavy atom. The zero-order valence-corrected chi connectivity index (χ0v) is 11.1. The van der Waals surface area contributed by atoms with Crippen LogP contribution in [0.1, 0.15) is 40.0 Å². The number of ether oxygens (including phenoxy) is 2. The summed E-state index contributed by atoms with van der Waals surface area (Å²) in [4.78, 5) is 23.8. The summed E-state index contributed by atoms with van der Waals surface area (Å²) in [5.41, 5.74) is -0.553. The van der Waals surface area contributed by atoms with Gasteiger partial charge in [0.2, 0.25) is 6.10 Å². The third-order valence-electron chi connectivity index (χ3n) is 3.98. The Labute approximate surface area is 107 Å². The summed E-state index contributed by atoms with van der Waals surface area (Å²) in [5.74, 6) is -0.727. The first-order valence-corrected chi connectivity index (χ1v) is 6.52. The first kappa shape index (κ1) is 13.1. The van der Waals surface area contributed by atoms with Crippen molar-refractivity contribution >= 4 is 11.9 Å². The van der Waals surface area contributed by atoms with Crippen molar-refractivity contribution in [1.82, 2.24) is 0 Å². The predicted octanol–water partition coefficient (Wildman–Crippen LogP) is 2.23. The van der Waals surface area contributed by atoms with Gasteiger partial charge in [-0.3, -0.25) is 4.79 Å². The van der Waals surface area contributed by atoms with Gasteiger partial charge in [0.15, 0.2) is 0 Å². The minimum Gasteiger partial charge on any atom is -0.459 e. The summed E-state index contributed by atoms with van der Waals surface area (Å²) < 4.78 is 10.7. The molecule has 0 bridgehead atoms. The molecule has 18 heavy (non-hydrogen) atoms. The first-order valence-electron chi connectivity index (χ1n) is 6.52. The van der Waals surface area contributed by atoms with Gasteiger partial charge in [-0.2, -0.15) is 0 Å². The molecule has 0 aromatic carbocycles. The summed E-state index contributed by atoms with van der Waals surface area (Å²) >= 11 is 0. The third kappa shape index (κ3) is 2.28. The third-order valence-corrected chi connectivity index (χ3v) is 3.98. The van der Waals surface area contributed by atoms with Crippen molar-refractivity contribution in [2.24, 2.45) is 11.3 Å². The van der Waals surface area contributed by atoms with Gasteiger partial charge in [-0.15, -0.1) is 0 Å². The van der Waals surface area contributed by atoms with Gasteiger partial charge in [-0.05, 0) is 26.7 Å². The number of fused-ring (bicyclic) bond motifs is 1. The Bertz CT molecular complexity index is 383. The zero-order valence-electron chi connectivity index (χ0n) is 11.1. The maximum atomic E-state index is 12.0. The van der Waals surface area contributed by atoms with Crippen LogP contribution >= 0.6 is 0 Å². The van der Waals surface area contributed by atoms with E-state index in [-0.39, 0.29) is 18.0 Å². The maximum absolute atomic E-state index is 12.0. The van der Waals surface area contributed by atoms with E-state index in [2.05, 4.69) is 0 Å². The van der Waals surface area contributed by atoms with E-state index >= 15 is 0 Å². The first-order chi connectivity index (χ1) is 8.45. The molecule has 2 aliphatic rings. The largest absolute Gasteiger partial charge is 0.459 e. The minimum atomic E-state index is -0.724. The highest BCUT2D eigenvalue weighted by molar-refractivity contribution is 5.83. The summed E-state index contributed by atoms with van der Waals surface area (Å²) in [6.45, 7) is 5.59. The van der Waals surface area contributed by atoms with Crippen molar-refractivity contribution in [2.45, 2.75) is 52.2 Å².